The molecule has 0 aliphatic heterocycles. The molecular weight excluding hydrogens is 508 g/mol. The molecule has 0 unspecified atom stereocenters. The van der Waals surface area contributed by atoms with E-state index in [2.05, 4.69) is 29.9 Å². The molecule has 0 radical (unpaired) electrons. The molecule has 246 valence electrons. The van der Waals surface area contributed by atoms with Crippen LogP contribution in [0.5, 0.6) is 0 Å². The van der Waals surface area contributed by atoms with Crippen molar-refractivity contribution in [3.05, 3.63) is 23.8 Å². The minimum absolute atomic E-state index is 1.13. The predicted octanol–water partition coefficient (Wildman–Crippen LogP) is 14.1. The number of rotatable bonds is 34. The fraction of sp³-hybridized carbons (Fsp3) is 0.900. The first-order valence-corrected chi connectivity index (χ1v) is 19.7. The van der Waals surface area contributed by atoms with Gasteiger partial charge in [-0.1, -0.05) is 206 Å². The van der Waals surface area contributed by atoms with Gasteiger partial charge >= 0.3 is 0 Å². The van der Waals surface area contributed by atoms with Crippen molar-refractivity contribution in [1.82, 2.24) is 9.97 Å². The van der Waals surface area contributed by atoms with Crippen LogP contribution >= 0.6 is 0 Å². The molecule has 1 aromatic heterocycles. The molecule has 0 N–H and O–H groups in total. The van der Waals surface area contributed by atoms with Gasteiger partial charge in [0.1, 0.15) is 6.33 Å². The number of aryl methyl sites for hydroxylation is 2. The van der Waals surface area contributed by atoms with Crippen LogP contribution < -0.4 is 0 Å². The van der Waals surface area contributed by atoms with E-state index < -0.39 is 0 Å². The van der Waals surface area contributed by atoms with Crippen molar-refractivity contribution in [2.24, 2.45) is 0 Å². The van der Waals surface area contributed by atoms with E-state index in [4.69, 9.17) is 0 Å². The summed E-state index contributed by atoms with van der Waals surface area (Å²) in [6, 6.07) is 2.29. The Morgan fingerprint density at radius 2 is 0.524 bits per heavy atom. The Labute approximate surface area is 265 Å². The summed E-state index contributed by atoms with van der Waals surface area (Å²) in [5.41, 5.74) is 2.53. The summed E-state index contributed by atoms with van der Waals surface area (Å²) in [6.07, 6.45) is 49.8. The average Bonchev–Trinajstić information content (AvgIpc) is 3.01. The van der Waals surface area contributed by atoms with Crippen LogP contribution in [0.2, 0.25) is 0 Å². The third kappa shape index (κ3) is 27.9. The number of unbranched alkanes of at least 4 members (excludes halogenated alkanes) is 30. The molecule has 1 rings (SSSR count). The van der Waals surface area contributed by atoms with Gasteiger partial charge in [0.05, 0.1) is 0 Å². The van der Waals surface area contributed by atoms with Crippen molar-refractivity contribution in [2.45, 2.75) is 232 Å². The topological polar surface area (TPSA) is 25.8 Å². The van der Waals surface area contributed by atoms with Gasteiger partial charge in [0, 0.05) is 11.4 Å². The van der Waals surface area contributed by atoms with Crippen molar-refractivity contribution < 1.29 is 0 Å². The second-order valence-corrected chi connectivity index (χ2v) is 13.6. The fourth-order valence-corrected chi connectivity index (χ4v) is 6.43. The molecule has 0 saturated heterocycles. The van der Waals surface area contributed by atoms with Gasteiger partial charge < -0.3 is 0 Å². The van der Waals surface area contributed by atoms with E-state index in [1.54, 1.807) is 0 Å². The maximum Gasteiger partial charge on any atom is 0.115 e. The van der Waals surface area contributed by atoms with Crippen LogP contribution in [0.15, 0.2) is 12.4 Å². The van der Waals surface area contributed by atoms with Crippen LogP contribution in [0.4, 0.5) is 0 Å². The van der Waals surface area contributed by atoms with Crippen molar-refractivity contribution in [3.8, 4) is 0 Å². The summed E-state index contributed by atoms with van der Waals surface area (Å²) >= 11 is 0. The Balaban J connectivity index is 1.84. The van der Waals surface area contributed by atoms with E-state index >= 15 is 0 Å². The highest BCUT2D eigenvalue weighted by Gasteiger charge is 2.01. The first-order valence-electron chi connectivity index (χ1n) is 19.7. The highest BCUT2D eigenvalue weighted by atomic mass is 14.8. The molecule has 0 spiro atoms. The van der Waals surface area contributed by atoms with Gasteiger partial charge in [-0.25, -0.2) is 9.97 Å². The second-order valence-electron chi connectivity index (χ2n) is 13.6. The molecule has 0 fully saturated rings. The Morgan fingerprint density at radius 1 is 0.310 bits per heavy atom. The van der Waals surface area contributed by atoms with Crippen molar-refractivity contribution in [3.63, 3.8) is 0 Å². The fourth-order valence-electron chi connectivity index (χ4n) is 6.43. The molecule has 0 bridgehead atoms. The van der Waals surface area contributed by atoms with Gasteiger partial charge in [-0.2, -0.15) is 0 Å². The molecule has 2 nitrogen and oxygen atoms in total. The molecule has 42 heavy (non-hydrogen) atoms. The van der Waals surface area contributed by atoms with Crippen molar-refractivity contribution in [2.75, 3.05) is 0 Å². The van der Waals surface area contributed by atoms with E-state index in [9.17, 15) is 0 Å². The summed E-state index contributed by atoms with van der Waals surface area (Å²) in [6.45, 7) is 4.61. The molecule has 0 aliphatic carbocycles. The van der Waals surface area contributed by atoms with Gasteiger partial charge in [0.25, 0.3) is 0 Å². The average molecular weight is 585 g/mol. The van der Waals surface area contributed by atoms with Crippen LogP contribution in [0.25, 0.3) is 0 Å². The summed E-state index contributed by atoms with van der Waals surface area (Å²) in [5, 5.41) is 0. The zero-order chi connectivity index (χ0) is 30.0. The summed E-state index contributed by atoms with van der Waals surface area (Å²) < 4.78 is 0. The lowest BCUT2D eigenvalue weighted by Gasteiger charge is -2.06. The minimum atomic E-state index is 1.13. The number of nitrogens with zero attached hydrogens (tertiary/aromatic N) is 2. The number of hydrogen-bond donors (Lipinski definition) is 0. The summed E-state index contributed by atoms with van der Waals surface area (Å²) in [7, 11) is 0. The van der Waals surface area contributed by atoms with E-state index in [1.807, 2.05) is 6.33 Å². The predicted molar refractivity (Wildman–Crippen MR) is 189 cm³/mol. The molecule has 0 atom stereocenters. The Kier molecular flexibility index (Phi) is 30.7. The Hall–Kier alpha value is -0.920. The van der Waals surface area contributed by atoms with E-state index in [-0.39, 0.29) is 0 Å². The molecule has 0 saturated carbocycles. The van der Waals surface area contributed by atoms with Gasteiger partial charge in [0.2, 0.25) is 0 Å². The highest BCUT2D eigenvalue weighted by Crippen LogP contribution is 2.16. The standard InChI is InChI=1S/C40H76N2/c1-3-5-7-9-11-13-15-17-19-21-23-25-27-29-31-33-35-39-37-40(42-38-41-39)36-34-32-30-28-26-24-22-20-18-16-14-12-10-8-6-4-2/h37-38H,3-36H2,1-2H3. The molecular formula is C40H76N2. The van der Waals surface area contributed by atoms with E-state index in [0.717, 1.165) is 12.8 Å². The summed E-state index contributed by atoms with van der Waals surface area (Å²) in [5.74, 6) is 0. The quantitative estimate of drug-likeness (QED) is 0.0753. The van der Waals surface area contributed by atoms with Gasteiger partial charge in [-0.15, -0.1) is 0 Å². The number of hydrogen-bond acceptors (Lipinski definition) is 2. The third-order valence-electron chi connectivity index (χ3n) is 9.35. The molecule has 0 amide bonds. The van der Waals surface area contributed by atoms with Crippen LogP contribution in [0.1, 0.15) is 231 Å². The first-order chi connectivity index (χ1) is 20.9. The van der Waals surface area contributed by atoms with Gasteiger partial charge in [-0.05, 0) is 31.7 Å². The maximum atomic E-state index is 4.56. The second kappa shape index (κ2) is 33.0. The lowest BCUT2D eigenvalue weighted by Crippen LogP contribution is -1.97. The lowest BCUT2D eigenvalue weighted by atomic mass is 10.0. The largest absolute Gasteiger partial charge is 0.241 e. The molecule has 1 heterocycles. The van der Waals surface area contributed by atoms with Gasteiger partial charge in [-0.3, -0.25) is 0 Å². The van der Waals surface area contributed by atoms with Crippen LogP contribution in [-0.4, -0.2) is 9.97 Å². The lowest BCUT2D eigenvalue weighted by molar-refractivity contribution is 0.528. The normalized spacial score (nSPS) is 11.5. The third-order valence-corrected chi connectivity index (χ3v) is 9.35. The monoisotopic (exact) mass is 585 g/mol. The SMILES string of the molecule is CCCCCCCCCCCCCCCCCCc1cc(CCCCCCCCCCCCCCCCCC)ncn1. The van der Waals surface area contributed by atoms with Gasteiger partial charge in [0.15, 0.2) is 0 Å². The molecule has 2 heteroatoms. The van der Waals surface area contributed by atoms with E-state index in [1.165, 1.54) is 217 Å². The van der Waals surface area contributed by atoms with Crippen LogP contribution in [0, 0.1) is 0 Å². The number of aromatic nitrogens is 2. The Morgan fingerprint density at radius 3 is 0.762 bits per heavy atom. The summed E-state index contributed by atoms with van der Waals surface area (Å²) in [4.78, 5) is 9.12. The van der Waals surface area contributed by atoms with Crippen molar-refractivity contribution >= 4 is 0 Å². The smallest absolute Gasteiger partial charge is 0.115 e. The molecule has 0 aliphatic rings. The zero-order valence-electron chi connectivity index (χ0n) is 29.1. The zero-order valence-corrected chi connectivity index (χ0v) is 29.1. The van der Waals surface area contributed by atoms with E-state index in [0.29, 0.717) is 0 Å². The Bertz CT molecular complexity index is 591. The van der Waals surface area contributed by atoms with Crippen LogP contribution in [-0.2, 0) is 12.8 Å². The highest BCUT2D eigenvalue weighted by molar-refractivity contribution is 5.08. The molecule has 1 aromatic rings. The minimum Gasteiger partial charge on any atom is -0.241 e. The maximum absolute atomic E-state index is 4.56. The van der Waals surface area contributed by atoms with Crippen molar-refractivity contribution in [1.29, 1.82) is 0 Å². The molecule has 0 aromatic carbocycles. The first kappa shape index (κ1) is 39.1. The van der Waals surface area contributed by atoms with Crippen LogP contribution in [0.3, 0.4) is 0 Å².